The Hall–Kier alpha value is -1.28. The van der Waals surface area contributed by atoms with Crippen molar-refractivity contribution in [1.29, 1.82) is 0 Å². The minimum absolute atomic E-state index is 0.113. The van der Waals surface area contributed by atoms with Crippen LogP contribution in [0.5, 0.6) is 0 Å². The molecule has 4 aliphatic rings. The Kier molecular flexibility index (Phi) is 5.06. The van der Waals surface area contributed by atoms with Gasteiger partial charge in [-0.05, 0) is 29.6 Å². The fourth-order valence-electron chi connectivity index (χ4n) is 8.22. The van der Waals surface area contributed by atoms with Crippen LogP contribution in [0.2, 0.25) is 0 Å². The Bertz CT molecular complexity index is 974. The van der Waals surface area contributed by atoms with Gasteiger partial charge in [-0.1, -0.05) is 58.0 Å². The summed E-state index contributed by atoms with van der Waals surface area (Å²) in [4.78, 5) is 0. The lowest BCUT2D eigenvalue weighted by Crippen LogP contribution is -2.75. The quantitative estimate of drug-likeness (QED) is 0.413. The molecule has 0 spiro atoms. The van der Waals surface area contributed by atoms with E-state index in [0.717, 1.165) is 5.56 Å². The Morgan fingerprint density at radius 3 is 2.18 bits per heavy atom. The van der Waals surface area contributed by atoms with Gasteiger partial charge in [0.1, 0.15) is 6.10 Å². The first-order valence-electron chi connectivity index (χ1n) is 12.1. The zero-order chi connectivity index (χ0) is 24.1. The molecule has 0 aromatic heterocycles. The molecule has 3 fully saturated rings. The Balaban J connectivity index is 1.87. The predicted molar refractivity (Wildman–Crippen MR) is 123 cm³/mol. The van der Waals surface area contributed by atoms with Crippen LogP contribution in [0.15, 0.2) is 41.5 Å². The van der Waals surface area contributed by atoms with Crippen molar-refractivity contribution in [3.8, 4) is 0 Å². The molecule has 10 atom stereocenters. The number of aliphatic hydroxyl groups excluding tert-OH is 4. The Morgan fingerprint density at radius 1 is 0.970 bits per heavy atom. The van der Waals surface area contributed by atoms with Crippen LogP contribution in [-0.2, 0) is 4.74 Å². The van der Waals surface area contributed by atoms with E-state index in [2.05, 4.69) is 6.92 Å². The molecule has 3 aliphatic carbocycles. The summed E-state index contributed by atoms with van der Waals surface area (Å²) in [6.45, 7) is 10.0. The average Bonchev–Trinajstić information content (AvgIpc) is 2.76. The number of hydrogen-bond donors (Lipinski definition) is 5. The van der Waals surface area contributed by atoms with Crippen molar-refractivity contribution in [3.05, 3.63) is 47.0 Å². The van der Waals surface area contributed by atoms with E-state index < -0.39 is 58.1 Å². The summed E-state index contributed by atoms with van der Waals surface area (Å²) >= 11 is 0. The van der Waals surface area contributed by atoms with Crippen molar-refractivity contribution >= 4 is 0 Å². The van der Waals surface area contributed by atoms with Crippen molar-refractivity contribution in [3.63, 3.8) is 0 Å². The second kappa shape index (κ2) is 7.12. The maximum absolute atomic E-state index is 12.7. The van der Waals surface area contributed by atoms with Gasteiger partial charge in [-0.3, -0.25) is 0 Å². The summed E-state index contributed by atoms with van der Waals surface area (Å²) in [7, 11) is 0. The Labute approximate surface area is 195 Å². The number of fused-ring (bicyclic) bond motifs is 5. The molecule has 182 valence electrons. The SMILES string of the molecule is CC1=C2[C@@H](O)[C@H](O)[C@@]3(C)C([C@H](c4ccccc4)[C@](O)(C[C@@H]1O)C2(C)C)[C@]1(C)CO[C@@H]1C[C@@H]3O. The molecule has 1 heterocycles. The highest BCUT2D eigenvalue weighted by atomic mass is 16.5. The van der Waals surface area contributed by atoms with E-state index in [4.69, 9.17) is 4.74 Å². The van der Waals surface area contributed by atoms with E-state index in [1.165, 1.54) is 0 Å². The average molecular weight is 459 g/mol. The molecule has 5 N–H and O–H groups in total. The summed E-state index contributed by atoms with van der Waals surface area (Å²) < 4.78 is 5.90. The highest BCUT2D eigenvalue weighted by Crippen LogP contribution is 2.69. The molecule has 6 nitrogen and oxygen atoms in total. The highest BCUT2D eigenvalue weighted by Gasteiger charge is 2.73. The highest BCUT2D eigenvalue weighted by molar-refractivity contribution is 5.42. The zero-order valence-electron chi connectivity index (χ0n) is 20.2. The summed E-state index contributed by atoms with van der Waals surface area (Å²) in [6.07, 6.45) is -4.17. The molecule has 2 bridgehead atoms. The number of hydrogen-bond acceptors (Lipinski definition) is 6. The molecule has 33 heavy (non-hydrogen) atoms. The van der Waals surface area contributed by atoms with Gasteiger partial charge in [-0.2, -0.15) is 0 Å². The molecular weight excluding hydrogens is 420 g/mol. The van der Waals surface area contributed by atoms with Crippen molar-refractivity contribution in [2.45, 2.75) is 89.5 Å². The van der Waals surface area contributed by atoms with Gasteiger partial charge in [0, 0.05) is 35.0 Å². The molecule has 1 aromatic rings. The van der Waals surface area contributed by atoms with Gasteiger partial charge in [0.05, 0.1) is 36.6 Å². The third-order valence-electron chi connectivity index (χ3n) is 10.3. The molecule has 1 aromatic carbocycles. The van der Waals surface area contributed by atoms with Crippen LogP contribution in [0.3, 0.4) is 0 Å². The van der Waals surface area contributed by atoms with Gasteiger partial charge in [0.2, 0.25) is 0 Å². The molecule has 5 rings (SSSR count). The van der Waals surface area contributed by atoms with Gasteiger partial charge in [-0.25, -0.2) is 0 Å². The lowest BCUT2D eigenvalue weighted by atomic mass is 9.39. The second-order valence-electron chi connectivity index (χ2n) is 12.0. The maximum atomic E-state index is 12.7. The fraction of sp³-hybridized carbons (Fsp3) is 0.704. The minimum atomic E-state index is -1.43. The lowest BCUT2D eigenvalue weighted by Gasteiger charge is -2.70. The van der Waals surface area contributed by atoms with Crippen LogP contribution in [0.4, 0.5) is 0 Å². The largest absolute Gasteiger partial charge is 0.392 e. The van der Waals surface area contributed by atoms with Crippen molar-refractivity contribution < 1.29 is 30.3 Å². The van der Waals surface area contributed by atoms with Gasteiger partial charge >= 0.3 is 0 Å². The van der Waals surface area contributed by atoms with Crippen molar-refractivity contribution in [1.82, 2.24) is 0 Å². The van der Waals surface area contributed by atoms with Gasteiger partial charge in [0.25, 0.3) is 0 Å². The number of rotatable bonds is 1. The summed E-state index contributed by atoms with van der Waals surface area (Å²) in [6, 6.07) is 9.77. The molecule has 1 saturated heterocycles. The van der Waals surface area contributed by atoms with E-state index in [9.17, 15) is 25.5 Å². The van der Waals surface area contributed by atoms with Gasteiger partial charge in [-0.15, -0.1) is 0 Å². The second-order valence-corrected chi connectivity index (χ2v) is 12.0. The number of benzene rings is 1. The molecule has 6 heteroatoms. The fourth-order valence-corrected chi connectivity index (χ4v) is 8.22. The lowest BCUT2D eigenvalue weighted by molar-refractivity contribution is -0.320. The standard InChI is InChI=1S/C27H38O6/c1-14-16(28)12-27(32)20(15-9-7-6-8-10-15)22-25(4)13-33-18(25)11-17(29)26(22,5)23(31)21(30)19(14)24(27,2)3/h6-10,16-18,20-23,28-32H,11-13H2,1-5H3/t16-,17-,18+,20-,21+,22?,23-,25+,26+,27+/m0/s1. The van der Waals surface area contributed by atoms with Crippen LogP contribution in [0.1, 0.15) is 58.9 Å². The van der Waals surface area contributed by atoms with Gasteiger partial charge < -0.3 is 30.3 Å². The maximum Gasteiger partial charge on any atom is 0.102 e. The van der Waals surface area contributed by atoms with Crippen LogP contribution >= 0.6 is 0 Å². The molecule has 0 amide bonds. The zero-order valence-corrected chi connectivity index (χ0v) is 20.2. The van der Waals surface area contributed by atoms with E-state index >= 15 is 0 Å². The molecule has 1 unspecified atom stereocenters. The molecule has 1 aliphatic heterocycles. The van der Waals surface area contributed by atoms with Gasteiger partial charge in [0.15, 0.2) is 0 Å². The van der Waals surface area contributed by atoms with E-state index in [1.54, 1.807) is 6.92 Å². The minimum Gasteiger partial charge on any atom is -0.392 e. The molecule has 2 saturated carbocycles. The smallest absolute Gasteiger partial charge is 0.102 e. The molecular formula is C27H38O6. The van der Waals surface area contributed by atoms with E-state index in [1.807, 2.05) is 51.1 Å². The van der Waals surface area contributed by atoms with Crippen molar-refractivity contribution in [2.75, 3.05) is 6.61 Å². The number of aliphatic hydroxyl groups is 5. The van der Waals surface area contributed by atoms with Crippen LogP contribution < -0.4 is 0 Å². The molecule has 0 radical (unpaired) electrons. The first kappa shape index (κ1) is 23.5. The Morgan fingerprint density at radius 2 is 1.61 bits per heavy atom. The predicted octanol–water partition coefficient (Wildman–Crippen LogP) is 2.14. The van der Waals surface area contributed by atoms with Crippen LogP contribution in [-0.4, -0.2) is 68.3 Å². The number of ether oxygens (including phenoxy) is 1. The van der Waals surface area contributed by atoms with Crippen LogP contribution in [0, 0.1) is 22.2 Å². The monoisotopic (exact) mass is 458 g/mol. The normalized spacial score (nSPS) is 51.0. The van der Waals surface area contributed by atoms with Crippen molar-refractivity contribution in [2.24, 2.45) is 22.2 Å². The first-order valence-corrected chi connectivity index (χ1v) is 12.1. The summed E-state index contributed by atoms with van der Waals surface area (Å²) in [5, 5.41) is 58.7. The summed E-state index contributed by atoms with van der Waals surface area (Å²) in [5.74, 6) is -0.916. The van der Waals surface area contributed by atoms with E-state index in [-0.39, 0.29) is 12.5 Å². The van der Waals surface area contributed by atoms with Crippen LogP contribution in [0.25, 0.3) is 0 Å². The topological polar surface area (TPSA) is 110 Å². The third-order valence-corrected chi connectivity index (χ3v) is 10.3. The first-order chi connectivity index (χ1) is 15.3. The third kappa shape index (κ3) is 2.71. The van der Waals surface area contributed by atoms with E-state index in [0.29, 0.717) is 24.2 Å². The summed E-state index contributed by atoms with van der Waals surface area (Å²) in [5.41, 5.74) is -1.92.